The fourth-order valence-corrected chi connectivity index (χ4v) is 3.74. The van der Waals surface area contributed by atoms with Crippen LogP contribution in [0.25, 0.3) is 5.69 Å². The van der Waals surface area contributed by atoms with Gasteiger partial charge in [0, 0.05) is 12.6 Å². The first kappa shape index (κ1) is 25.2. The Labute approximate surface area is 208 Å². The minimum Gasteiger partial charge on any atom is -0.356 e. The number of para-hydroxylation sites is 1. The van der Waals surface area contributed by atoms with E-state index in [2.05, 4.69) is 31.4 Å². The second kappa shape index (κ2) is 9.45. The summed E-state index contributed by atoms with van der Waals surface area (Å²) in [6, 6.07) is 16.4. The Morgan fingerprint density at radius 2 is 1.55 bits per heavy atom. The molecule has 1 heterocycles. The van der Waals surface area contributed by atoms with E-state index in [1.54, 1.807) is 30.8 Å². The quantitative estimate of drug-likeness (QED) is 0.361. The summed E-state index contributed by atoms with van der Waals surface area (Å²) in [7, 11) is 1.76. The lowest BCUT2D eigenvalue weighted by Crippen LogP contribution is -2.49. The summed E-state index contributed by atoms with van der Waals surface area (Å²) in [5, 5.41) is 5.64. The van der Waals surface area contributed by atoms with Gasteiger partial charge < -0.3 is 10.6 Å². The van der Waals surface area contributed by atoms with Crippen LogP contribution in [0.5, 0.6) is 0 Å². The van der Waals surface area contributed by atoms with Crippen molar-refractivity contribution in [3.63, 3.8) is 0 Å². The number of carbonyl (C=O) groups is 1. The van der Waals surface area contributed by atoms with E-state index in [1.807, 2.05) is 42.5 Å². The van der Waals surface area contributed by atoms with E-state index >= 15 is 0 Å². The number of hydrogen-bond acceptors (Lipinski definition) is 3. The summed E-state index contributed by atoms with van der Waals surface area (Å²) in [6.07, 6.45) is -1.16. The van der Waals surface area contributed by atoms with E-state index in [4.69, 9.17) is 34.8 Å². The van der Waals surface area contributed by atoms with Gasteiger partial charge in [0.1, 0.15) is 11.9 Å². The Hall–Kier alpha value is -2.41. The molecule has 1 atom stereocenters. The highest BCUT2D eigenvalue weighted by atomic mass is 35.6. The number of alkyl halides is 3. The molecule has 1 aromatic heterocycles. The molecule has 0 fully saturated rings. The maximum Gasteiger partial charge on any atom is 0.295 e. The van der Waals surface area contributed by atoms with Crippen LogP contribution in [-0.4, -0.2) is 25.2 Å². The molecule has 0 saturated carbocycles. The summed E-state index contributed by atoms with van der Waals surface area (Å²) in [4.78, 5) is 26.1. The lowest BCUT2D eigenvalue weighted by atomic mass is 9.87. The van der Waals surface area contributed by atoms with Gasteiger partial charge in [-0.05, 0) is 42.2 Å². The molecule has 0 spiro atoms. The monoisotopic (exact) mass is 508 g/mol. The van der Waals surface area contributed by atoms with Crippen LogP contribution in [0.2, 0.25) is 0 Å². The van der Waals surface area contributed by atoms with Crippen molar-refractivity contribution in [3.05, 3.63) is 81.8 Å². The van der Waals surface area contributed by atoms with Gasteiger partial charge in [-0.15, -0.1) is 0 Å². The summed E-state index contributed by atoms with van der Waals surface area (Å²) >= 11 is 18.5. The van der Waals surface area contributed by atoms with Gasteiger partial charge in [0.25, 0.3) is 11.5 Å². The maximum atomic E-state index is 13.2. The molecule has 0 bridgehead atoms. The van der Waals surface area contributed by atoms with Crippen molar-refractivity contribution in [2.24, 2.45) is 7.05 Å². The highest BCUT2D eigenvalue weighted by Gasteiger charge is 2.36. The topological polar surface area (TPSA) is 68.1 Å². The van der Waals surface area contributed by atoms with Crippen LogP contribution >= 0.6 is 34.8 Å². The molecule has 2 aromatic carbocycles. The van der Waals surface area contributed by atoms with E-state index in [0.717, 1.165) is 5.56 Å². The van der Waals surface area contributed by atoms with Gasteiger partial charge in [-0.1, -0.05) is 85.9 Å². The SMILES string of the molecule is Cc1c(NC(NC(=O)c2ccc(C(C)(C)C)cc2)C(Cl)(Cl)Cl)c(=O)n(-c2ccccc2)n1C. The molecular weight excluding hydrogens is 483 g/mol. The zero-order valence-corrected chi connectivity index (χ0v) is 21.4. The third-order valence-corrected chi connectivity index (χ3v) is 6.11. The highest BCUT2D eigenvalue weighted by Crippen LogP contribution is 2.31. The summed E-state index contributed by atoms with van der Waals surface area (Å²) < 4.78 is 1.27. The molecule has 1 amide bonds. The fraction of sp³-hybridized carbons (Fsp3) is 0.333. The van der Waals surface area contributed by atoms with Crippen LogP contribution in [-0.2, 0) is 12.5 Å². The Bertz CT molecular complexity index is 1190. The molecular formula is C24H27Cl3N4O2. The molecule has 3 rings (SSSR count). The molecule has 33 heavy (non-hydrogen) atoms. The van der Waals surface area contributed by atoms with Gasteiger partial charge in [-0.2, -0.15) is 0 Å². The predicted molar refractivity (Wildman–Crippen MR) is 136 cm³/mol. The molecule has 0 saturated heterocycles. The van der Waals surface area contributed by atoms with E-state index in [0.29, 0.717) is 16.9 Å². The lowest BCUT2D eigenvalue weighted by molar-refractivity contribution is 0.0941. The number of amides is 1. The molecule has 0 aliphatic carbocycles. The first-order chi connectivity index (χ1) is 15.3. The van der Waals surface area contributed by atoms with Crippen molar-refractivity contribution >= 4 is 46.4 Å². The van der Waals surface area contributed by atoms with Crippen LogP contribution in [0.1, 0.15) is 42.4 Å². The standard InChI is InChI=1S/C24H27Cl3N4O2/c1-15-19(21(33)31(30(15)5)18-9-7-6-8-10-18)28-22(24(25,26)27)29-20(32)16-11-13-17(14-12-16)23(2,3)4/h6-14,22,28H,1-5H3,(H,29,32). The molecule has 1 unspecified atom stereocenters. The molecule has 6 nitrogen and oxygen atoms in total. The van der Waals surface area contributed by atoms with Crippen molar-refractivity contribution in [1.29, 1.82) is 0 Å². The summed E-state index contributed by atoms with van der Waals surface area (Å²) in [5.74, 6) is -0.434. The first-order valence-electron chi connectivity index (χ1n) is 10.4. The van der Waals surface area contributed by atoms with E-state index in [-0.39, 0.29) is 16.7 Å². The number of aromatic nitrogens is 2. The van der Waals surface area contributed by atoms with E-state index < -0.39 is 15.9 Å². The molecule has 176 valence electrons. The number of nitrogens with one attached hydrogen (secondary N) is 2. The maximum absolute atomic E-state index is 13.2. The van der Waals surface area contributed by atoms with Crippen molar-refractivity contribution < 1.29 is 4.79 Å². The molecule has 0 radical (unpaired) electrons. The third kappa shape index (κ3) is 5.57. The largest absolute Gasteiger partial charge is 0.356 e. The van der Waals surface area contributed by atoms with Crippen molar-refractivity contribution in [1.82, 2.24) is 14.7 Å². The highest BCUT2D eigenvalue weighted by molar-refractivity contribution is 6.68. The van der Waals surface area contributed by atoms with Crippen LogP contribution < -0.4 is 16.2 Å². The van der Waals surface area contributed by atoms with Gasteiger partial charge in [0.05, 0.1) is 11.4 Å². The Morgan fingerprint density at radius 3 is 2.06 bits per heavy atom. The summed E-state index contributed by atoms with van der Waals surface area (Å²) in [5.41, 5.74) is 2.67. The molecule has 3 aromatic rings. The molecule has 0 aliphatic heterocycles. The summed E-state index contributed by atoms with van der Waals surface area (Å²) in [6.45, 7) is 8.05. The average Bonchev–Trinajstić information content (AvgIpc) is 2.95. The number of halogens is 3. The molecule has 9 heteroatoms. The van der Waals surface area contributed by atoms with Crippen LogP contribution in [0.3, 0.4) is 0 Å². The average molecular weight is 510 g/mol. The van der Waals surface area contributed by atoms with Gasteiger partial charge >= 0.3 is 0 Å². The van der Waals surface area contributed by atoms with Gasteiger partial charge in [0.2, 0.25) is 3.79 Å². The van der Waals surface area contributed by atoms with Crippen LogP contribution in [0.15, 0.2) is 59.4 Å². The molecule has 2 N–H and O–H groups in total. The number of rotatable bonds is 5. The minimum absolute atomic E-state index is 0.0415. The Kier molecular flexibility index (Phi) is 7.22. The molecule has 0 aliphatic rings. The second-order valence-electron chi connectivity index (χ2n) is 8.86. The zero-order chi connectivity index (χ0) is 24.6. The number of hydrogen-bond donors (Lipinski definition) is 2. The van der Waals surface area contributed by atoms with Gasteiger partial charge in [-0.25, -0.2) is 4.68 Å². The van der Waals surface area contributed by atoms with E-state index in [9.17, 15) is 9.59 Å². The number of anilines is 1. The normalized spacial score (nSPS) is 13.0. The number of benzene rings is 2. The number of carbonyl (C=O) groups excluding carboxylic acids is 1. The first-order valence-corrected chi connectivity index (χ1v) is 11.5. The Balaban J connectivity index is 1.90. The third-order valence-electron chi connectivity index (χ3n) is 5.46. The minimum atomic E-state index is -1.92. The van der Waals surface area contributed by atoms with Crippen LogP contribution in [0, 0.1) is 6.92 Å². The van der Waals surface area contributed by atoms with Gasteiger partial charge in [0.15, 0.2) is 0 Å². The predicted octanol–water partition coefficient (Wildman–Crippen LogP) is 5.32. The second-order valence-corrected chi connectivity index (χ2v) is 11.2. The van der Waals surface area contributed by atoms with Crippen molar-refractivity contribution in [3.8, 4) is 5.69 Å². The smallest absolute Gasteiger partial charge is 0.295 e. The zero-order valence-electron chi connectivity index (χ0n) is 19.1. The lowest BCUT2D eigenvalue weighted by Gasteiger charge is -2.27. The van der Waals surface area contributed by atoms with Gasteiger partial charge in [-0.3, -0.25) is 14.3 Å². The van der Waals surface area contributed by atoms with Crippen molar-refractivity contribution in [2.45, 2.75) is 43.1 Å². The van der Waals surface area contributed by atoms with E-state index in [1.165, 1.54) is 4.68 Å². The Morgan fingerprint density at radius 1 is 0.970 bits per heavy atom. The number of nitrogens with zero attached hydrogens (tertiary/aromatic N) is 2. The van der Waals surface area contributed by atoms with Crippen LogP contribution in [0.4, 0.5) is 5.69 Å². The fourth-order valence-electron chi connectivity index (χ4n) is 3.41. The van der Waals surface area contributed by atoms with Crippen molar-refractivity contribution in [2.75, 3.05) is 5.32 Å².